The molecule has 0 saturated carbocycles. The normalized spacial score (nSPS) is 14.8. The van der Waals surface area contributed by atoms with E-state index in [1.165, 1.54) is 7.05 Å². The number of aliphatic imine (C=N–C) groups is 1. The zero-order valence-corrected chi connectivity index (χ0v) is 18.0. The number of likely N-dealkylation sites (N-methyl/N-ethyl adjacent to an activating group) is 1. The molecule has 0 spiro atoms. The van der Waals surface area contributed by atoms with Gasteiger partial charge in [-0.15, -0.1) is 0 Å². The van der Waals surface area contributed by atoms with Gasteiger partial charge in [-0.05, 0) is 35.4 Å². The van der Waals surface area contributed by atoms with Gasteiger partial charge in [0.1, 0.15) is 11.5 Å². The summed E-state index contributed by atoms with van der Waals surface area (Å²) in [5.74, 6) is 0.725. The highest BCUT2D eigenvalue weighted by Gasteiger charge is 2.32. The van der Waals surface area contributed by atoms with Crippen LogP contribution in [0.2, 0.25) is 0 Å². The first-order valence-corrected chi connectivity index (χ1v) is 9.98. The average molecular weight is 433 g/mol. The number of aromatic hydroxyl groups is 1. The highest BCUT2D eigenvalue weighted by atomic mass is 16.5. The number of ether oxygens (including phenoxy) is 1. The number of hydrogen-bond donors (Lipinski definition) is 2. The number of carbonyl (C=O) groups is 2. The van der Waals surface area contributed by atoms with E-state index in [9.17, 15) is 14.7 Å². The number of hydrogen-bond acceptors (Lipinski definition) is 6. The zero-order chi connectivity index (χ0) is 22.8. The molecule has 0 aliphatic carbocycles. The molecule has 0 atom stereocenters. The van der Waals surface area contributed by atoms with Gasteiger partial charge in [-0.1, -0.05) is 24.3 Å². The van der Waals surface area contributed by atoms with Crippen molar-refractivity contribution >= 4 is 23.7 Å². The van der Waals surface area contributed by atoms with E-state index in [4.69, 9.17) is 4.74 Å². The second-order valence-electron chi connectivity index (χ2n) is 7.49. The molecule has 3 aromatic rings. The highest BCUT2D eigenvalue weighted by molar-refractivity contribution is 6.47. The summed E-state index contributed by atoms with van der Waals surface area (Å²) in [5, 5.41) is 12.0. The zero-order valence-electron chi connectivity index (χ0n) is 18.0. The predicted molar refractivity (Wildman–Crippen MR) is 118 cm³/mol. The number of nitrogens with zero attached hydrogens (tertiary/aromatic N) is 4. The summed E-state index contributed by atoms with van der Waals surface area (Å²) in [6.45, 7) is 0. The van der Waals surface area contributed by atoms with E-state index in [-0.39, 0.29) is 11.6 Å². The van der Waals surface area contributed by atoms with Crippen molar-refractivity contribution in [3.8, 4) is 11.5 Å². The molecule has 9 nitrogen and oxygen atoms in total. The first-order valence-electron chi connectivity index (χ1n) is 9.98. The molecule has 164 valence electrons. The lowest BCUT2D eigenvalue weighted by Gasteiger charge is -2.08. The molecule has 9 heteroatoms. The molecule has 1 saturated heterocycles. The van der Waals surface area contributed by atoms with Gasteiger partial charge < -0.3 is 14.4 Å². The van der Waals surface area contributed by atoms with Crippen molar-refractivity contribution in [2.24, 2.45) is 12.0 Å². The Morgan fingerprint density at radius 1 is 1.00 bits per heavy atom. The highest BCUT2D eigenvalue weighted by Crippen LogP contribution is 2.25. The third kappa shape index (κ3) is 4.18. The minimum Gasteiger partial charge on any atom is -0.508 e. The Balaban J connectivity index is 1.72. The van der Waals surface area contributed by atoms with E-state index < -0.39 is 11.9 Å². The van der Waals surface area contributed by atoms with Crippen molar-refractivity contribution in [2.45, 2.75) is 12.8 Å². The molecule has 2 heterocycles. The number of nitrogens with one attached hydrogen (secondary N) is 1. The number of imide groups is 1. The van der Waals surface area contributed by atoms with Crippen molar-refractivity contribution in [3.63, 3.8) is 0 Å². The van der Waals surface area contributed by atoms with Crippen molar-refractivity contribution in [1.29, 1.82) is 0 Å². The van der Waals surface area contributed by atoms with Crippen LogP contribution in [0.5, 0.6) is 11.5 Å². The molecule has 4 rings (SSSR count). The van der Waals surface area contributed by atoms with Gasteiger partial charge in [-0.25, -0.2) is 9.78 Å². The topological polar surface area (TPSA) is 109 Å². The Labute approximate surface area is 185 Å². The van der Waals surface area contributed by atoms with Gasteiger partial charge in [0, 0.05) is 32.6 Å². The average Bonchev–Trinajstić information content (AvgIpc) is 3.21. The SMILES string of the molecule is COc1ccc(Cc2c(Cc3ccc(O)cc3)nc(N=C3NC(=O)N(C)C3=O)n2C)cc1. The lowest BCUT2D eigenvalue weighted by atomic mass is 10.0. The molecule has 0 unspecified atom stereocenters. The van der Waals surface area contributed by atoms with E-state index in [2.05, 4.69) is 15.3 Å². The number of amidine groups is 1. The third-order valence-electron chi connectivity index (χ3n) is 5.36. The largest absolute Gasteiger partial charge is 0.508 e. The first kappa shape index (κ1) is 21.1. The molecule has 0 radical (unpaired) electrons. The molecule has 2 aromatic carbocycles. The van der Waals surface area contributed by atoms with E-state index in [1.54, 1.807) is 19.2 Å². The number of methoxy groups -OCH3 is 1. The van der Waals surface area contributed by atoms with Crippen LogP contribution in [0.1, 0.15) is 22.5 Å². The maximum absolute atomic E-state index is 12.2. The first-order chi connectivity index (χ1) is 15.4. The minimum atomic E-state index is -0.522. The van der Waals surface area contributed by atoms with Crippen LogP contribution in [-0.4, -0.2) is 51.5 Å². The van der Waals surface area contributed by atoms with Gasteiger partial charge in [0.15, 0.2) is 0 Å². The number of phenolic OH excluding ortho intramolecular Hbond substituents is 1. The van der Waals surface area contributed by atoms with Crippen LogP contribution in [-0.2, 0) is 24.7 Å². The smallest absolute Gasteiger partial charge is 0.329 e. The fourth-order valence-corrected chi connectivity index (χ4v) is 3.45. The summed E-state index contributed by atoms with van der Waals surface area (Å²) in [7, 11) is 4.85. The monoisotopic (exact) mass is 433 g/mol. The van der Waals surface area contributed by atoms with Gasteiger partial charge >= 0.3 is 6.03 Å². The van der Waals surface area contributed by atoms with E-state index >= 15 is 0 Å². The Morgan fingerprint density at radius 2 is 1.62 bits per heavy atom. The molecule has 0 bridgehead atoms. The standard InChI is InChI=1S/C23H23N5O4/c1-27-19(13-15-6-10-17(32-3)11-7-15)18(12-14-4-8-16(29)9-5-14)24-22(27)25-20-21(30)28(2)23(31)26-20/h4-11,29H,12-13H2,1-3H3,(H,24,25,26,31). The van der Waals surface area contributed by atoms with Crippen molar-refractivity contribution < 1.29 is 19.4 Å². The second-order valence-corrected chi connectivity index (χ2v) is 7.49. The van der Waals surface area contributed by atoms with Gasteiger partial charge in [-0.2, -0.15) is 4.99 Å². The van der Waals surface area contributed by atoms with Gasteiger partial charge in [0.2, 0.25) is 11.8 Å². The van der Waals surface area contributed by atoms with Crippen molar-refractivity contribution in [1.82, 2.24) is 19.8 Å². The Hall–Kier alpha value is -4.14. The molecule has 1 aromatic heterocycles. The van der Waals surface area contributed by atoms with Crippen molar-refractivity contribution in [2.75, 3.05) is 14.2 Å². The molecule has 32 heavy (non-hydrogen) atoms. The number of carbonyl (C=O) groups excluding carboxylic acids is 2. The number of urea groups is 1. The number of imidazole rings is 1. The van der Waals surface area contributed by atoms with E-state index in [1.807, 2.05) is 48.0 Å². The number of benzene rings is 2. The molecule has 3 amide bonds. The summed E-state index contributed by atoms with van der Waals surface area (Å²) in [5.41, 5.74) is 3.75. The van der Waals surface area contributed by atoms with Crippen LogP contribution in [0.3, 0.4) is 0 Å². The number of aromatic nitrogens is 2. The fourth-order valence-electron chi connectivity index (χ4n) is 3.45. The molecule has 2 N–H and O–H groups in total. The van der Waals surface area contributed by atoms with E-state index in [0.717, 1.165) is 33.2 Å². The Kier molecular flexibility index (Phi) is 5.63. The summed E-state index contributed by atoms with van der Waals surface area (Å²) in [6, 6.07) is 14.2. The van der Waals surface area contributed by atoms with Gasteiger partial charge in [0.05, 0.1) is 12.8 Å². The lowest BCUT2D eigenvalue weighted by molar-refractivity contribution is -0.119. The lowest BCUT2D eigenvalue weighted by Crippen LogP contribution is -2.25. The summed E-state index contributed by atoms with van der Waals surface area (Å²) in [4.78, 5) is 34.0. The number of phenols is 1. The summed E-state index contributed by atoms with van der Waals surface area (Å²) in [6.07, 6.45) is 1.11. The van der Waals surface area contributed by atoms with Gasteiger partial charge in [0.25, 0.3) is 5.91 Å². The van der Waals surface area contributed by atoms with E-state index in [0.29, 0.717) is 18.8 Å². The van der Waals surface area contributed by atoms with Crippen LogP contribution >= 0.6 is 0 Å². The summed E-state index contributed by atoms with van der Waals surface area (Å²) < 4.78 is 7.06. The van der Waals surface area contributed by atoms with Crippen LogP contribution in [0.4, 0.5) is 10.7 Å². The maximum Gasteiger partial charge on any atom is 0.329 e. The number of rotatable bonds is 6. The Morgan fingerprint density at radius 3 is 2.22 bits per heavy atom. The van der Waals surface area contributed by atoms with Crippen molar-refractivity contribution in [3.05, 3.63) is 71.0 Å². The summed E-state index contributed by atoms with van der Waals surface area (Å²) >= 11 is 0. The molecular formula is C23H23N5O4. The molecule has 1 fully saturated rings. The molecular weight excluding hydrogens is 410 g/mol. The maximum atomic E-state index is 12.2. The van der Waals surface area contributed by atoms with Crippen LogP contribution in [0.25, 0.3) is 0 Å². The predicted octanol–water partition coefficient (Wildman–Crippen LogP) is 2.53. The quantitative estimate of drug-likeness (QED) is 0.581. The van der Waals surface area contributed by atoms with Crippen LogP contribution < -0.4 is 10.1 Å². The molecule has 1 aliphatic heterocycles. The number of amides is 3. The van der Waals surface area contributed by atoms with Crippen LogP contribution in [0, 0.1) is 0 Å². The Bertz CT molecular complexity index is 1200. The molecule has 1 aliphatic rings. The van der Waals surface area contributed by atoms with Gasteiger partial charge in [-0.3, -0.25) is 15.0 Å². The fraction of sp³-hybridized carbons (Fsp3) is 0.217. The third-order valence-corrected chi connectivity index (χ3v) is 5.36. The minimum absolute atomic E-state index is 0.0576. The second kappa shape index (κ2) is 8.54. The van der Waals surface area contributed by atoms with Crippen LogP contribution in [0.15, 0.2) is 53.5 Å².